The zero-order valence-electron chi connectivity index (χ0n) is 8.56. The summed E-state index contributed by atoms with van der Waals surface area (Å²) in [6, 6.07) is 0. The summed E-state index contributed by atoms with van der Waals surface area (Å²) < 4.78 is 0. The van der Waals surface area contributed by atoms with E-state index in [0.29, 0.717) is 0 Å². The highest BCUT2D eigenvalue weighted by Crippen LogP contribution is 2.14. The van der Waals surface area contributed by atoms with Crippen LogP contribution in [-0.2, 0) is 0 Å². The molecule has 68 valence electrons. The summed E-state index contributed by atoms with van der Waals surface area (Å²) in [7, 11) is 2.22. The van der Waals surface area contributed by atoms with E-state index in [9.17, 15) is 0 Å². The molecule has 0 aromatic rings. The van der Waals surface area contributed by atoms with Gasteiger partial charge in [0, 0.05) is 0 Å². The van der Waals surface area contributed by atoms with Crippen molar-refractivity contribution in [2.24, 2.45) is 5.92 Å². The third-order valence-corrected chi connectivity index (χ3v) is 2.24. The summed E-state index contributed by atoms with van der Waals surface area (Å²) in [6.45, 7) is 8.98. The molecule has 1 aliphatic rings. The Kier molecular flexibility index (Phi) is 6.63. The largest absolute Gasteiger partial charge is 0.306 e. The van der Waals surface area contributed by atoms with Gasteiger partial charge in [0.05, 0.1) is 0 Å². The molecular weight excluding hydrogens is 134 g/mol. The van der Waals surface area contributed by atoms with E-state index in [1.807, 2.05) is 13.8 Å². The first kappa shape index (κ1) is 11.0. The Morgan fingerprint density at radius 3 is 2.36 bits per heavy atom. The summed E-state index contributed by atoms with van der Waals surface area (Å²) in [4.78, 5) is 2.43. The molecule has 0 amide bonds. The predicted octanol–water partition coefficient (Wildman–Crippen LogP) is 2.76. The molecule has 0 aliphatic carbocycles. The Bertz CT molecular complexity index is 70.9. The molecule has 0 aromatic heterocycles. The van der Waals surface area contributed by atoms with E-state index < -0.39 is 0 Å². The molecule has 11 heavy (non-hydrogen) atoms. The highest BCUT2D eigenvalue weighted by Gasteiger charge is 2.09. The first-order chi connectivity index (χ1) is 5.29. The number of nitrogens with zero attached hydrogens (tertiary/aromatic N) is 1. The van der Waals surface area contributed by atoms with Gasteiger partial charge in [0.2, 0.25) is 0 Å². The fourth-order valence-electron chi connectivity index (χ4n) is 1.41. The Balaban J connectivity index is 0.000000461. The zero-order chi connectivity index (χ0) is 8.69. The van der Waals surface area contributed by atoms with Gasteiger partial charge in [-0.15, -0.1) is 0 Å². The Hall–Kier alpha value is -0.0400. The third-order valence-electron chi connectivity index (χ3n) is 2.24. The van der Waals surface area contributed by atoms with Crippen LogP contribution < -0.4 is 0 Å². The predicted molar refractivity (Wildman–Crippen MR) is 51.9 cm³/mol. The van der Waals surface area contributed by atoms with Crippen LogP contribution in [0.3, 0.4) is 0 Å². The van der Waals surface area contributed by atoms with E-state index in [1.54, 1.807) is 0 Å². The molecule has 0 radical (unpaired) electrons. The molecule has 1 saturated heterocycles. The number of hydrogen-bond donors (Lipinski definition) is 0. The lowest BCUT2D eigenvalue weighted by atomic mass is 10.0. The third kappa shape index (κ3) is 5.25. The quantitative estimate of drug-likeness (QED) is 0.522. The van der Waals surface area contributed by atoms with Gasteiger partial charge in [-0.1, -0.05) is 20.8 Å². The summed E-state index contributed by atoms with van der Waals surface area (Å²) in [6.07, 6.45) is 4.23. The van der Waals surface area contributed by atoms with Gasteiger partial charge in [0.15, 0.2) is 0 Å². The van der Waals surface area contributed by atoms with Gasteiger partial charge >= 0.3 is 0 Å². The minimum absolute atomic E-state index is 0.968. The maximum Gasteiger partial charge on any atom is -0.00192 e. The van der Waals surface area contributed by atoms with Crippen LogP contribution in [0.4, 0.5) is 0 Å². The topological polar surface area (TPSA) is 3.24 Å². The average Bonchev–Trinajstić information content (AvgIpc) is 2.20. The van der Waals surface area contributed by atoms with Gasteiger partial charge in [-0.3, -0.25) is 0 Å². The van der Waals surface area contributed by atoms with E-state index >= 15 is 0 Å². The van der Waals surface area contributed by atoms with Crippen molar-refractivity contribution in [1.82, 2.24) is 4.90 Å². The maximum atomic E-state index is 2.43. The van der Waals surface area contributed by atoms with Crippen LogP contribution in [0.1, 0.15) is 40.0 Å². The van der Waals surface area contributed by atoms with Crippen molar-refractivity contribution in [3.63, 3.8) is 0 Å². The first-order valence-corrected chi connectivity index (χ1v) is 4.97. The van der Waals surface area contributed by atoms with Gasteiger partial charge in [0.25, 0.3) is 0 Å². The molecule has 1 fully saturated rings. The van der Waals surface area contributed by atoms with Gasteiger partial charge in [-0.05, 0) is 45.3 Å². The van der Waals surface area contributed by atoms with E-state index in [0.717, 1.165) is 5.92 Å². The van der Waals surface area contributed by atoms with Crippen LogP contribution in [0.15, 0.2) is 0 Å². The smallest absolute Gasteiger partial charge is 0.00192 e. The number of likely N-dealkylation sites (tertiary alicyclic amines) is 1. The van der Waals surface area contributed by atoms with Gasteiger partial charge in [-0.25, -0.2) is 0 Å². The minimum atomic E-state index is 0.968. The van der Waals surface area contributed by atoms with Crippen LogP contribution in [0.5, 0.6) is 0 Å². The lowest BCUT2D eigenvalue weighted by Crippen LogP contribution is -2.18. The maximum absolute atomic E-state index is 2.43. The molecule has 0 spiro atoms. The van der Waals surface area contributed by atoms with E-state index in [1.165, 1.54) is 32.4 Å². The molecule has 0 saturated carbocycles. The SMILES string of the molecule is CC.C[C@H]1CCCN(C)CC1. The monoisotopic (exact) mass is 157 g/mol. The van der Waals surface area contributed by atoms with Crippen molar-refractivity contribution < 1.29 is 0 Å². The highest BCUT2D eigenvalue weighted by molar-refractivity contribution is 4.63. The molecule has 1 aliphatic heterocycles. The van der Waals surface area contributed by atoms with E-state index in [2.05, 4.69) is 18.9 Å². The van der Waals surface area contributed by atoms with Crippen molar-refractivity contribution in [3.05, 3.63) is 0 Å². The Morgan fingerprint density at radius 1 is 1.09 bits per heavy atom. The summed E-state index contributed by atoms with van der Waals surface area (Å²) in [5.41, 5.74) is 0. The number of hydrogen-bond acceptors (Lipinski definition) is 1. The summed E-state index contributed by atoms with van der Waals surface area (Å²) in [5, 5.41) is 0. The van der Waals surface area contributed by atoms with Crippen molar-refractivity contribution in [3.8, 4) is 0 Å². The Labute approximate surface area is 71.8 Å². The van der Waals surface area contributed by atoms with Crippen LogP contribution in [-0.4, -0.2) is 25.0 Å². The fraction of sp³-hybridized carbons (Fsp3) is 1.00. The molecular formula is C10H23N. The lowest BCUT2D eigenvalue weighted by Gasteiger charge is -2.11. The van der Waals surface area contributed by atoms with E-state index in [4.69, 9.17) is 0 Å². The highest BCUT2D eigenvalue weighted by atomic mass is 15.1. The average molecular weight is 157 g/mol. The second-order valence-corrected chi connectivity index (χ2v) is 3.34. The van der Waals surface area contributed by atoms with E-state index in [-0.39, 0.29) is 0 Å². The van der Waals surface area contributed by atoms with Crippen molar-refractivity contribution in [2.75, 3.05) is 20.1 Å². The molecule has 0 unspecified atom stereocenters. The molecule has 1 rings (SSSR count). The second-order valence-electron chi connectivity index (χ2n) is 3.34. The summed E-state index contributed by atoms with van der Waals surface area (Å²) >= 11 is 0. The van der Waals surface area contributed by atoms with Crippen molar-refractivity contribution >= 4 is 0 Å². The zero-order valence-corrected chi connectivity index (χ0v) is 8.56. The Morgan fingerprint density at radius 2 is 1.73 bits per heavy atom. The summed E-state index contributed by atoms with van der Waals surface area (Å²) in [5.74, 6) is 0.968. The van der Waals surface area contributed by atoms with Crippen LogP contribution in [0, 0.1) is 5.92 Å². The number of rotatable bonds is 0. The van der Waals surface area contributed by atoms with Crippen molar-refractivity contribution in [2.45, 2.75) is 40.0 Å². The van der Waals surface area contributed by atoms with Gasteiger partial charge < -0.3 is 4.90 Å². The molecule has 0 aromatic carbocycles. The van der Waals surface area contributed by atoms with Crippen LogP contribution >= 0.6 is 0 Å². The molecule has 1 nitrogen and oxygen atoms in total. The van der Waals surface area contributed by atoms with Crippen molar-refractivity contribution in [1.29, 1.82) is 0 Å². The standard InChI is InChI=1S/C8H17N.C2H6/c1-8-4-3-6-9(2)7-5-8;1-2/h8H,3-7H2,1-2H3;1-2H3/t8-;/m0./s1. The second kappa shape index (κ2) is 6.66. The normalized spacial score (nSPS) is 26.7. The molecule has 0 bridgehead atoms. The lowest BCUT2D eigenvalue weighted by molar-refractivity contribution is 0.344. The fourth-order valence-corrected chi connectivity index (χ4v) is 1.41. The van der Waals surface area contributed by atoms with Gasteiger partial charge in [0.1, 0.15) is 0 Å². The van der Waals surface area contributed by atoms with Crippen LogP contribution in [0.25, 0.3) is 0 Å². The first-order valence-electron chi connectivity index (χ1n) is 4.97. The van der Waals surface area contributed by atoms with Crippen LogP contribution in [0.2, 0.25) is 0 Å². The van der Waals surface area contributed by atoms with Gasteiger partial charge in [-0.2, -0.15) is 0 Å². The minimum Gasteiger partial charge on any atom is -0.306 e. The molecule has 1 heteroatoms. The molecule has 0 N–H and O–H groups in total. The molecule has 1 atom stereocenters. The molecule has 1 heterocycles.